The Morgan fingerprint density at radius 2 is 1.18 bits per heavy atom. The van der Waals surface area contributed by atoms with E-state index in [2.05, 4.69) is 20.3 Å². The van der Waals surface area contributed by atoms with E-state index in [1.165, 1.54) is 51.4 Å². The summed E-state index contributed by atoms with van der Waals surface area (Å²) in [7, 11) is 0. The van der Waals surface area contributed by atoms with Crippen molar-refractivity contribution in [2.75, 3.05) is 0 Å². The van der Waals surface area contributed by atoms with Gasteiger partial charge in [-0.3, -0.25) is 0 Å². The van der Waals surface area contributed by atoms with Gasteiger partial charge >= 0.3 is 0 Å². The van der Waals surface area contributed by atoms with Crippen LogP contribution < -0.4 is 0 Å². The molecule has 0 amide bonds. The van der Waals surface area contributed by atoms with Crippen molar-refractivity contribution in [1.82, 2.24) is 0 Å². The first-order valence-electron chi connectivity index (χ1n) is 5.23. The van der Waals surface area contributed by atoms with Crippen molar-refractivity contribution in [3.05, 3.63) is 6.42 Å². The van der Waals surface area contributed by atoms with Crippen LogP contribution in [0.5, 0.6) is 0 Å². The predicted molar refractivity (Wildman–Crippen MR) is 52.6 cm³/mol. The maximum atomic E-state index is 2.46. The quantitative estimate of drug-likeness (QED) is 0.457. The molecule has 0 aliphatic heterocycles. The van der Waals surface area contributed by atoms with Crippen molar-refractivity contribution in [1.29, 1.82) is 0 Å². The van der Waals surface area contributed by atoms with Gasteiger partial charge < -0.3 is 0 Å². The highest BCUT2D eigenvalue weighted by Crippen LogP contribution is 2.07. The van der Waals surface area contributed by atoms with Gasteiger partial charge in [0.05, 0.1) is 0 Å². The monoisotopic (exact) mass is 155 g/mol. The number of hydrogen-bond acceptors (Lipinski definition) is 0. The lowest BCUT2D eigenvalue weighted by atomic mass is 10.1. The Balaban J connectivity index is 2.69. The molecule has 0 aromatic heterocycles. The van der Waals surface area contributed by atoms with Gasteiger partial charge in [0.2, 0.25) is 0 Å². The maximum Gasteiger partial charge on any atom is -0.0386 e. The fourth-order valence-corrected chi connectivity index (χ4v) is 1.22. The second-order valence-electron chi connectivity index (χ2n) is 3.28. The molecule has 0 rings (SSSR count). The molecule has 0 heterocycles. The van der Waals surface area contributed by atoms with Gasteiger partial charge in [0.1, 0.15) is 0 Å². The van der Waals surface area contributed by atoms with Gasteiger partial charge in [-0.2, -0.15) is 0 Å². The Kier molecular flexibility index (Phi) is 10.0. The van der Waals surface area contributed by atoms with E-state index in [9.17, 15) is 0 Å². The summed E-state index contributed by atoms with van der Waals surface area (Å²) in [5, 5.41) is 0. The summed E-state index contributed by atoms with van der Waals surface area (Å²) in [6, 6.07) is 0. The SMILES string of the molecule is CCCCC[CH]CCCCC. The standard InChI is InChI=1S/C11H23/c1-3-5-7-9-11-10-8-6-4-2/h11H,3-10H2,1-2H3. The largest absolute Gasteiger partial charge is 0.0654 e. The van der Waals surface area contributed by atoms with Crippen LogP contribution in [0.4, 0.5) is 0 Å². The summed E-state index contributed by atoms with van der Waals surface area (Å²) < 4.78 is 0. The third kappa shape index (κ3) is 10.0. The van der Waals surface area contributed by atoms with E-state index in [0.717, 1.165) is 0 Å². The van der Waals surface area contributed by atoms with Crippen LogP contribution in [-0.2, 0) is 0 Å². The lowest BCUT2D eigenvalue weighted by molar-refractivity contribution is 0.654. The van der Waals surface area contributed by atoms with Crippen LogP contribution in [0.1, 0.15) is 65.2 Å². The third-order valence-electron chi connectivity index (χ3n) is 2.02. The molecule has 0 aliphatic carbocycles. The van der Waals surface area contributed by atoms with E-state index >= 15 is 0 Å². The van der Waals surface area contributed by atoms with Crippen LogP contribution in [0.3, 0.4) is 0 Å². The highest BCUT2D eigenvalue weighted by Gasteiger charge is 1.89. The molecule has 0 aromatic carbocycles. The van der Waals surface area contributed by atoms with Crippen LogP contribution in [0, 0.1) is 6.42 Å². The molecule has 0 spiro atoms. The first-order chi connectivity index (χ1) is 5.41. The Morgan fingerprint density at radius 3 is 1.55 bits per heavy atom. The first kappa shape index (κ1) is 11.0. The molecule has 0 atom stereocenters. The fraction of sp³-hybridized carbons (Fsp3) is 0.909. The van der Waals surface area contributed by atoms with Gasteiger partial charge in [-0.15, -0.1) is 0 Å². The minimum absolute atomic E-state index is 1.34. The van der Waals surface area contributed by atoms with Crippen molar-refractivity contribution in [3.8, 4) is 0 Å². The molecule has 0 saturated carbocycles. The maximum absolute atomic E-state index is 2.46. The van der Waals surface area contributed by atoms with Crippen molar-refractivity contribution < 1.29 is 0 Å². The van der Waals surface area contributed by atoms with Gasteiger partial charge in [-0.25, -0.2) is 0 Å². The first-order valence-corrected chi connectivity index (χ1v) is 5.23. The number of rotatable bonds is 8. The van der Waals surface area contributed by atoms with E-state index < -0.39 is 0 Å². The van der Waals surface area contributed by atoms with Crippen LogP contribution in [0.2, 0.25) is 0 Å². The molecule has 0 nitrogen and oxygen atoms in total. The molecule has 0 saturated heterocycles. The molecular formula is C11H23. The van der Waals surface area contributed by atoms with Crippen molar-refractivity contribution in [2.45, 2.75) is 65.2 Å². The van der Waals surface area contributed by atoms with E-state index in [0.29, 0.717) is 0 Å². The van der Waals surface area contributed by atoms with E-state index in [4.69, 9.17) is 0 Å². The third-order valence-corrected chi connectivity index (χ3v) is 2.02. The molecule has 0 unspecified atom stereocenters. The minimum Gasteiger partial charge on any atom is -0.0654 e. The molecule has 0 aromatic rings. The average molecular weight is 155 g/mol. The molecule has 11 heavy (non-hydrogen) atoms. The predicted octanol–water partition coefficient (Wildman–Crippen LogP) is 4.35. The molecule has 0 bridgehead atoms. The van der Waals surface area contributed by atoms with Crippen LogP contribution in [-0.4, -0.2) is 0 Å². The smallest absolute Gasteiger partial charge is 0.0386 e. The van der Waals surface area contributed by atoms with Gasteiger partial charge in [-0.05, 0) is 6.42 Å². The van der Waals surface area contributed by atoms with Crippen LogP contribution in [0.25, 0.3) is 0 Å². The average Bonchev–Trinajstić information content (AvgIpc) is 2.03. The van der Waals surface area contributed by atoms with E-state index in [-0.39, 0.29) is 0 Å². The summed E-state index contributed by atoms with van der Waals surface area (Å²) in [4.78, 5) is 0. The Bertz CT molecular complexity index is 49.1. The molecule has 0 aliphatic rings. The molecule has 0 N–H and O–H groups in total. The summed E-state index contributed by atoms with van der Waals surface area (Å²) in [6.45, 7) is 4.52. The minimum atomic E-state index is 1.34. The van der Waals surface area contributed by atoms with Gasteiger partial charge in [-0.1, -0.05) is 65.2 Å². The lowest BCUT2D eigenvalue weighted by Gasteiger charge is -1.98. The molecule has 0 fully saturated rings. The molecule has 1 radical (unpaired) electrons. The second kappa shape index (κ2) is 10.0. The van der Waals surface area contributed by atoms with Crippen molar-refractivity contribution >= 4 is 0 Å². The molecule has 67 valence electrons. The molecular weight excluding hydrogens is 132 g/mol. The summed E-state index contributed by atoms with van der Waals surface area (Å²) in [6.07, 6.45) is 13.5. The summed E-state index contributed by atoms with van der Waals surface area (Å²) >= 11 is 0. The highest BCUT2D eigenvalue weighted by molar-refractivity contribution is 4.63. The van der Waals surface area contributed by atoms with Gasteiger partial charge in [0, 0.05) is 0 Å². The lowest BCUT2D eigenvalue weighted by Crippen LogP contribution is -1.80. The summed E-state index contributed by atoms with van der Waals surface area (Å²) in [5.41, 5.74) is 0. The normalized spacial score (nSPS) is 10.4. The topological polar surface area (TPSA) is 0 Å². The Hall–Kier alpha value is 0. The zero-order valence-corrected chi connectivity index (χ0v) is 8.23. The second-order valence-corrected chi connectivity index (χ2v) is 3.28. The summed E-state index contributed by atoms with van der Waals surface area (Å²) in [5.74, 6) is 0. The van der Waals surface area contributed by atoms with E-state index in [1.807, 2.05) is 0 Å². The van der Waals surface area contributed by atoms with Crippen molar-refractivity contribution in [2.24, 2.45) is 0 Å². The number of unbranched alkanes of at least 4 members (excludes halogenated alkanes) is 8. The number of hydrogen-bond donors (Lipinski definition) is 0. The fourth-order valence-electron chi connectivity index (χ4n) is 1.22. The van der Waals surface area contributed by atoms with Gasteiger partial charge in [0.15, 0.2) is 0 Å². The zero-order valence-electron chi connectivity index (χ0n) is 8.23. The Morgan fingerprint density at radius 1 is 0.727 bits per heavy atom. The zero-order chi connectivity index (χ0) is 8.36. The van der Waals surface area contributed by atoms with E-state index in [1.54, 1.807) is 0 Å². The highest BCUT2D eigenvalue weighted by atomic mass is 13.9. The Labute approximate surface area is 72.4 Å². The van der Waals surface area contributed by atoms with Crippen molar-refractivity contribution in [3.63, 3.8) is 0 Å². The van der Waals surface area contributed by atoms with Crippen LogP contribution in [0.15, 0.2) is 0 Å². The molecule has 0 heteroatoms. The van der Waals surface area contributed by atoms with Gasteiger partial charge in [0.25, 0.3) is 0 Å². The van der Waals surface area contributed by atoms with Crippen LogP contribution >= 0.6 is 0 Å².